The van der Waals surface area contributed by atoms with E-state index in [-0.39, 0.29) is 0 Å². The maximum absolute atomic E-state index is 5.21. The smallest absolute Gasteiger partial charge is 0.122 e. The highest BCUT2D eigenvalue weighted by atomic mass is 16.5. The van der Waals surface area contributed by atoms with Crippen LogP contribution in [-0.4, -0.2) is 22.3 Å². The minimum absolute atomic E-state index is 0.809. The summed E-state index contributed by atoms with van der Waals surface area (Å²) in [7, 11) is 1.65. The van der Waals surface area contributed by atoms with Crippen LogP contribution in [0.2, 0.25) is 0 Å². The lowest BCUT2D eigenvalue weighted by Gasteiger charge is -2.04. The molecule has 2 aromatic heterocycles. The molecule has 3 rings (SSSR count). The van der Waals surface area contributed by atoms with Crippen LogP contribution in [0.15, 0.2) is 55.0 Å². The monoisotopic (exact) mass is 251 g/mol. The Kier molecular flexibility index (Phi) is 2.98. The Morgan fingerprint density at radius 3 is 2.47 bits per heavy atom. The summed E-state index contributed by atoms with van der Waals surface area (Å²) in [5.41, 5.74) is 4.16. The Labute approximate surface area is 111 Å². The predicted molar refractivity (Wildman–Crippen MR) is 73.8 cm³/mol. The van der Waals surface area contributed by atoms with Crippen molar-refractivity contribution in [3.63, 3.8) is 0 Å². The Bertz CT molecular complexity index is 660. The number of pyridine rings is 1. The zero-order chi connectivity index (χ0) is 13.1. The number of nitrogens with zero attached hydrogens (tertiary/aromatic N) is 2. The number of hydrogen-bond acceptors (Lipinski definition) is 3. The molecule has 0 aliphatic carbocycles. The first-order chi connectivity index (χ1) is 9.36. The topological polar surface area (TPSA) is 50.8 Å². The first kappa shape index (κ1) is 11.5. The van der Waals surface area contributed by atoms with Gasteiger partial charge in [-0.1, -0.05) is 24.3 Å². The molecular formula is C15H13N3O. The highest BCUT2D eigenvalue weighted by Crippen LogP contribution is 2.24. The molecule has 4 heteroatoms. The second kappa shape index (κ2) is 4.94. The number of aromatic nitrogens is 3. The summed E-state index contributed by atoms with van der Waals surface area (Å²) in [6.45, 7) is 0. The van der Waals surface area contributed by atoms with E-state index in [1.54, 1.807) is 19.5 Å². The van der Waals surface area contributed by atoms with Crippen molar-refractivity contribution >= 4 is 0 Å². The second-order valence-electron chi connectivity index (χ2n) is 4.15. The molecule has 1 aromatic carbocycles. The van der Waals surface area contributed by atoms with Gasteiger partial charge in [-0.15, -0.1) is 0 Å². The average molecular weight is 251 g/mol. The van der Waals surface area contributed by atoms with E-state index in [9.17, 15) is 0 Å². The number of H-pyrrole nitrogens is 1. The molecule has 0 spiro atoms. The molecule has 0 atom stereocenters. The van der Waals surface area contributed by atoms with E-state index in [2.05, 4.69) is 27.3 Å². The molecular weight excluding hydrogens is 238 g/mol. The zero-order valence-corrected chi connectivity index (χ0v) is 10.5. The van der Waals surface area contributed by atoms with Crippen molar-refractivity contribution in [2.24, 2.45) is 0 Å². The summed E-state index contributed by atoms with van der Waals surface area (Å²) < 4.78 is 5.21. The number of nitrogens with one attached hydrogen (secondary N) is 1. The fraction of sp³-hybridized carbons (Fsp3) is 0.0667. The average Bonchev–Trinajstić information content (AvgIpc) is 3.02. The lowest BCUT2D eigenvalue weighted by molar-refractivity contribution is 0.414. The van der Waals surface area contributed by atoms with Crippen LogP contribution < -0.4 is 4.74 Å². The van der Waals surface area contributed by atoms with Crippen LogP contribution in [0.25, 0.3) is 22.4 Å². The van der Waals surface area contributed by atoms with Crippen LogP contribution in [0.1, 0.15) is 0 Å². The minimum atomic E-state index is 0.809. The van der Waals surface area contributed by atoms with Gasteiger partial charge in [-0.2, -0.15) is 5.10 Å². The molecule has 1 N–H and O–H groups in total. The molecule has 4 nitrogen and oxygen atoms in total. The third-order valence-corrected chi connectivity index (χ3v) is 2.98. The standard InChI is InChI=1S/C15H13N3O/c1-19-14-6-7-16-15(8-14)12-4-2-11(3-5-12)13-9-17-18-10-13/h2-10H,1H3,(H,17,18). The van der Waals surface area contributed by atoms with E-state index < -0.39 is 0 Å². The number of rotatable bonds is 3. The maximum Gasteiger partial charge on any atom is 0.122 e. The molecule has 0 radical (unpaired) electrons. The Morgan fingerprint density at radius 2 is 1.79 bits per heavy atom. The van der Waals surface area contributed by atoms with Gasteiger partial charge in [-0.3, -0.25) is 10.1 Å². The molecule has 2 heterocycles. The van der Waals surface area contributed by atoms with Gasteiger partial charge in [0.2, 0.25) is 0 Å². The van der Waals surface area contributed by atoms with Gasteiger partial charge in [0.05, 0.1) is 19.0 Å². The fourth-order valence-electron chi connectivity index (χ4n) is 1.94. The van der Waals surface area contributed by atoms with E-state index in [1.165, 1.54) is 0 Å². The Morgan fingerprint density at radius 1 is 1.00 bits per heavy atom. The van der Waals surface area contributed by atoms with Crippen molar-refractivity contribution in [3.8, 4) is 28.1 Å². The summed E-state index contributed by atoms with van der Waals surface area (Å²) in [6.07, 6.45) is 5.43. The Hall–Kier alpha value is -2.62. The van der Waals surface area contributed by atoms with E-state index in [4.69, 9.17) is 4.74 Å². The lowest BCUT2D eigenvalue weighted by Crippen LogP contribution is -1.87. The first-order valence-corrected chi connectivity index (χ1v) is 5.96. The van der Waals surface area contributed by atoms with Gasteiger partial charge < -0.3 is 4.74 Å². The summed E-state index contributed by atoms with van der Waals surface area (Å²) >= 11 is 0. The first-order valence-electron chi connectivity index (χ1n) is 5.96. The van der Waals surface area contributed by atoms with E-state index >= 15 is 0 Å². The Balaban J connectivity index is 1.94. The van der Waals surface area contributed by atoms with Gasteiger partial charge in [0.25, 0.3) is 0 Å². The molecule has 19 heavy (non-hydrogen) atoms. The molecule has 0 amide bonds. The number of hydrogen-bond donors (Lipinski definition) is 1. The van der Waals surface area contributed by atoms with Crippen LogP contribution in [-0.2, 0) is 0 Å². The molecule has 94 valence electrons. The molecule has 0 aliphatic rings. The molecule has 0 saturated carbocycles. The fourth-order valence-corrected chi connectivity index (χ4v) is 1.94. The van der Waals surface area contributed by atoms with Crippen molar-refractivity contribution in [2.45, 2.75) is 0 Å². The molecule has 3 aromatic rings. The van der Waals surface area contributed by atoms with Crippen molar-refractivity contribution in [3.05, 3.63) is 55.0 Å². The number of benzene rings is 1. The van der Waals surface area contributed by atoms with Crippen LogP contribution in [0.3, 0.4) is 0 Å². The molecule has 0 saturated heterocycles. The highest BCUT2D eigenvalue weighted by molar-refractivity contribution is 5.68. The largest absolute Gasteiger partial charge is 0.497 e. The number of methoxy groups -OCH3 is 1. The molecule has 0 unspecified atom stereocenters. The highest BCUT2D eigenvalue weighted by Gasteiger charge is 2.03. The van der Waals surface area contributed by atoms with Gasteiger partial charge in [-0.05, 0) is 11.6 Å². The van der Waals surface area contributed by atoms with E-state index in [0.29, 0.717) is 0 Å². The van der Waals surface area contributed by atoms with Gasteiger partial charge >= 0.3 is 0 Å². The normalized spacial score (nSPS) is 10.4. The molecule has 0 fully saturated rings. The van der Waals surface area contributed by atoms with Crippen molar-refractivity contribution in [1.29, 1.82) is 0 Å². The third-order valence-electron chi connectivity index (χ3n) is 2.98. The van der Waals surface area contributed by atoms with Gasteiger partial charge in [0.15, 0.2) is 0 Å². The summed E-state index contributed by atoms with van der Waals surface area (Å²) in [4.78, 5) is 4.35. The van der Waals surface area contributed by atoms with Crippen LogP contribution >= 0.6 is 0 Å². The quantitative estimate of drug-likeness (QED) is 0.778. The van der Waals surface area contributed by atoms with Crippen LogP contribution in [0.5, 0.6) is 5.75 Å². The number of aromatic amines is 1. The number of ether oxygens (including phenoxy) is 1. The summed E-state index contributed by atoms with van der Waals surface area (Å²) in [5, 5.41) is 6.76. The van der Waals surface area contributed by atoms with Crippen molar-refractivity contribution < 1.29 is 4.74 Å². The predicted octanol–water partition coefficient (Wildman–Crippen LogP) is 3.15. The SMILES string of the molecule is COc1ccnc(-c2ccc(-c3cn[nH]c3)cc2)c1. The second-order valence-corrected chi connectivity index (χ2v) is 4.15. The maximum atomic E-state index is 5.21. The summed E-state index contributed by atoms with van der Waals surface area (Å²) in [6, 6.07) is 12.0. The van der Waals surface area contributed by atoms with Gasteiger partial charge in [-0.25, -0.2) is 0 Å². The van der Waals surface area contributed by atoms with E-state index in [1.807, 2.05) is 30.5 Å². The molecule has 0 bridgehead atoms. The van der Waals surface area contributed by atoms with E-state index in [0.717, 1.165) is 28.1 Å². The zero-order valence-electron chi connectivity index (χ0n) is 10.5. The van der Waals surface area contributed by atoms with Crippen LogP contribution in [0.4, 0.5) is 0 Å². The molecule has 0 aliphatic heterocycles. The van der Waals surface area contributed by atoms with Crippen molar-refractivity contribution in [2.75, 3.05) is 7.11 Å². The summed E-state index contributed by atoms with van der Waals surface area (Å²) in [5.74, 6) is 0.809. The van der Waals surface area contributed by atoms with Gasteiger partial charge in [0, 0.05) is 29.6 Å². The minimum Gasteiger partial charge on any atom is -0.497 e. The lowest BCUT2D eigenvalue weighted by atomic mass is 10.1. The van der Waals surface area contributed by atoms with Gasteiger partial charge in [0.1, 0.15) is 5.75 Å². The van der Waals surface area contributed by atoms with Crippen molar-refractivity contribution in [1.82, 2.24) is 15.2 Å². The van der Waals surface area contributed by atoms with Crippen LogP contribution in [0, 0.1) is 0 Å². The third kappa shape index (κ3) is 2.33.